The van der Waals surface area contributed by atoms with E-state index in [1.54, 1.807) is 6.92 Å². The van der Waals surface area contributed by atoms with E-state index in [1.165, 1.54) is 40.4 Å². The summed E-state index contributed by atoms with van der Waals surface area (Å²) in [4.78, 5) is 25.4. The van der Waals surface area contributed by atoms with Crippen molar-refractivity contribution < 1.29 is 13.9 Å². The van der Waals surface area contributed by atoms with Crippen molar-refractivity contribution in [1.82, 2.24) is 14.9 Å². The normalized spacial score (nSPS) is 19.3. The number of rotatable bonds is 3. The van der Waals surface area contributed by atoms with Crippen molar-refractivity contribution in [2.75, 3.05) is 23.8 Å². The number of ether oxygens (including phenoxy) is 1. The molecule has 0 radical (unpaired) electrons. The van der Waals surface area contributed by atoms with Gasteiger partial charge in [-0.2, -0.15) is 4.98 Å². The third-order valence-electron chi connectivity index (χ3n) is 6.72. The molecule has 9 heteroatoms. The number of amides is 1. The third-order valence-corrected chi connectivity index (χ3v) is 7.02. The number of hydrogen-bond acceptors (Lipinski definition) is 6. The zero-order chi connectivity index (χ0) is 24.2. The molecule has 1 atom stereocenters. The van der Waals surface area contributed by atoms with Crippen LogP contribution < -0.4 is 15.0 Å². The highest BCUT2D eigenvalue weighted by atomic mass is 35.5. The molecule has 176 valence electrons. The van der Waals surface area contributed by atoms with E-state index in [2.05, 4.69) is 53.2 Å². The lowest BCUT2D eigenvalue weighted by Gasteiger charge is -2.41. The molecular formula is C25H25ClFN5O2. The monoisotopic (exact) mass is 481 g/mol. The Bertz CT molecular complexity index is 1280. The van der Waals surface area contributed by atoms with E-state index in [1.807, 2.05) is 6.07 Å². The maximum atomic E-state index is 14.5. The first kappa shape index (κ1) is 22.6. The van der Waals surface area contributed by atoms with E-state index in [0.717, 1.165) is 18.7 Å². The van der Waals surface area contributed by atoms with Gasteiger partial charge in [-0.3, -0.25) is 14.6 Å². The Hall–Kier alpha value is -3.23. The van der Waals surface area contributed by atoms with Gasteiger partial charge in [0.2, 0.25) is 11.8 Å². The van der Waals surface area contributed by atoms with Gasteiger partial charge in [-0.25, -0.2) is 9.37 Å². The molecule has 2 aromatic carbocycles. The highest BCUT2D eigenvalue weighted by molar-refractivity contribution is 6.34. The Labute approximate surface area is 202 Å². The van der Waals surface area contributed by atoms with Gasteiger partial charge in [0.05, 0.1) is 5.02 Å². The topological polar surface area (TPSA) is 70.6 Å². The summed E-state index contributed by atoms with van der Waals surface area (Å²) < 4.78 is 20.3. The molecule has 3 heterocycles. The number of halogens is 2. The van der Waals surface area contributed by atoms with Crippen LogP contribution in [0.4, 0.5) is 21.7 Å². The van der Waals surface area contributed by atoms with Gasteiger partial charge < -0.3 is 10.1 Å². The van der Waals surface area contributed by atoms with E-state index < -0.39 is 18.0 Å². The van der Waals surface area contributed by atoms with Gasteiger partial charge >= 0.3 is 0 Å². The molecule has 1 amide bonds. The number of anilines is 3. The fourth-order valence-corrected chi connectivity index (χ4v) is 4.81. The summed E-state index contributed by atoms with van der Waals surface area (Å²) in [7, 11) is 2.14. The maximum absolute atomic E-state index is 14.5. The van der Waals surface area contributed by atoms with Crippen molar-refractivity contribution in [1.29, 1.82) is 0 Å². The van der Waals surface area contributed by atoms with Gasteiger partial charge in [0.15, 0.2) is 6.23 Å². The summed E-state index contributed by atoms with van der Waals surface area (Å²) >= 11 is 6.18. The van der Waals surface area contributed by atoms with E-state index >= 15 is 0 Å². The Morgan fingerprint density at radius 3 is 2.82 bits per heavy atom. The Kier molecular flexibility index (Phi) is 5.45. The summed E-state index contributed by atoms with van der Waals surface area (Å²) in [5.41, 5.74) is 3.51. The standard InChI is InChI=1S/C25H25ClFN5O2/c1-14-32(21-19(26)6-5-7-20(21)27)23(33)17-13-28-24(30-22(17)34-14)29-16-8-9-18-15(12-16)10-11-31(4)25(18,2)3/h5-9,12-14H,10-11H2,1-4H3,(H,28,29,30). The van der Waals surface area contributed by atoms with Crippen LogP contribution >= 0.6 is 11.6 Å². The lowest BCUT2D eigenvalue weighted by molar-refractivity contribution is 0.0865. The molecular weight excluding hydrogens is 457 g/mol. The van der Waals surface area contributed by atoms with Gasteiger partial charge in [0, 0.05) is 24.0 Å². The van der Waals surface area contributed by atoms with E-state index in [0.29, 0.717) is 5.95 Å². The SMILES string of the molecule is CC1Oc2nc(Nc3ccc4c(c3)CCN(C)C4(C)C)ncc2C(=O)N1c1c(F)cccc1Cl. The fourth-order valence-electron chi connectivity index (χ4n) is 4.55. The molecule has 7 nitrogen and oxygen atoms in total. The van der Waals surface area contributed by atoms with Crippen LogP contribution in [-0.4, -0.2) is 40.6 Å². The average molecular weight is 482 g/mol. The van der Waals surface area contributed by atoms with Crippen LogP contribution in [0.1, 0.15) is 42.3 Å². The Morgan fingerprint density at radius 1 is 1.26 bits per heavy atom. The number of carbonyl (C=O) groups excluding carboxylic acids is 1. The second-order valence-electron chi connectivity index (χ2n) is 9.10. The van der Waals surface area contributed by atoms with E-state index in [-0.39, 0.29) is 27.7 Å². The number of aromatic nitrogens is 2. The summed E-state index contributed by atoms with van der Waals surface area (Å²) in [5, 5.41) is 3.33. The highest BCUT2D eigenvalue weighted by Crippen LogP contribution is 2.37. The minimum atomic E-state index is -0.805. The van der Waals surface area contributed by atoms with Crippen LogP contribution in [0, 0.1) is 5.82 Å². The summed E-state index contributed by atoms with van der Waals surface area (Å²) in [6.07, 6.45) is 1.54. The molecule has 1 aromatic heterocycles. The van der Waals surface area contributed by atoms with Gasteiger partial charge in [-0.05, 0) is 69.6 Å². The molecule has 1 N–H and O–H groups in total. The van der Waals surface area contributed by atoms with Gasteiger partial charge in [0.25, 0.3) is 5.91 Å². The molecule has 0 aliphatic carbocycles. The first-order valence-corrected chi connectivity index (χ1v) is 11.5. The quantitative estimate of drug-likeness (QED) is 0.560. The number of para-hydroxylation sites is 1. The van der Waals surface area contributed by atoms with Gasteiger partial charge in [-0.15, -0.1) is 0 Å². The minimum absolute atomic E-state index is 0.0304. The lowest BCUT2D eigenvalue weighted by atomic mass is 9.83. The van der Waals surface area contributed by atoms with Crippen molar-refractivity contribution in [3.8, 4) is 5.88 Å². The highest BCUT2D eigenvalue weighted by Gasteiger charge is 2.37. The van der Waals surface area contributed by atoms with Crippen LogP contribution in [0.3, 0.4) is 0 Å². The largest absolute Gasteiger partial charge is 0.453 e. The second kappa shape index (κ2) is 8.21. The van der Waals surface area contributed by atoms with Gasteiger partial charge in [-0.1, -0.05) is 23.7 Å². The van der Waals surface area contributed by atoms with E-state index in [9.17, 15) is 9.18 Å². The number of nitrogens with one attached hydrogen (secondary N) is 1. The zero-order valence-electron chi connectivity index (χ0n) is 19.4. The minimum Gasteiger partial charge on any atom is -0.453 e. The predicted molar refractivity (Wildman–Crippen MR) is 129 cm³/mol. The van der Waals surface area contributed by atoms with Crippen molar-refractivity contribution >= 4 is 34.8 Å². The smallest absolute Gasteiger partial charge is 0.268 e. The molecule has 3 aromatic rings. The molecule has 1 unspecified atom stereocenters. The first-order valence-electron chi connectivity index (χ1n) is 11.1. The van der Waals surface area contributed by atoms with E-state index in [4.69, 9.17) is 16.3 Å². The Morgan fingerprint density at radius 2 is 2.06 bits per heavy atom. The molecule has 0 saturated carbocycles. The van der Waals surface area contributed by atoms with Crippen LogP contribution in [0.25, 0.3) is 0 Å². The maximum Gasteiger partial charge on any atom is 0.268 e. The molecule has 5 rings (SSSR count). The number of carbonyl (C=O) groups is 1. The molecule has 0 saturated heterocycles. The lowest BCUT2D eigenvalue weighted by Crippen LogP contribution is -2.47. The second-order valence-corrected chi connectivity index (χ2v) is 9.51. The molecule has 0 fully saturated rings. The van der Waals surface area contributed by atoms with Gasteiger partial charge in [0.1, 0.15) is 17.1 Å². The van der Waals surface area contributed by atoms with Crippen molar-refractivity contribution in [3.63, 3.8) is 0 Å². The van der Waals surface area contributed by atoms with Crippen LogP contribution in [-0.2, 0) is 12.0 Å². The predicted octanol–water partition coefficient (Wildman–Crippen LogP) is 5.12. The van der Waals surface area contributed by atoms with Crippen molar-refractivity contribution in [2.45, 2.75) is 39.0 Å². The molecule has 34 heavy (non-hydrogen) atoms. The number of likely N-dealkylation sites (N-methyl/N-ethyl adjacent to an activating group) is 1. The number of benzene rings is 2. The summed E-state index contributed by atoms with van der Waals surface area (Å²) in [6.45, 7) is 7.06. The summed E-state index contributed by atoms with van der Waals surface area (Å²) in [6, 6.07) is 10.5. The van der Waals surface area contributed by atoms with Crippen LogP contribution in [0.5, 0.6) is 5.88 Å². The number of hydrogen-bond donors (Lipinski definition) is 1. The number of fused-ring (bicyclic) bond motifs is 2. The average Bonchev–Trinajstić information content (AvgIpc) is 2.78. The molecule has 2 aliphatic heterocycles. The first-order chi connectivity index (χ1) is 16.2. The third kappa shape index (κ3) is 3.67. The summed E-state index contributed by atoms with van der Waals surface area (Å²) in [5.74, 6) is -0.643. The Balaban J connectivity index is 1.42. The molecule has 0 bridgehead atoms. The number of nitrogens with zero attached hydrogens (tertiary/aromatic N) is 4. The van der Waals surface area contributed by atoms with Crippen LogP contribution in [0.2, 0.25) is 5.02 Å². The zero-order valence-corrected chi connectivity index (χ0v) is 20.2. The molecule has 0 spiro atoms. The van der Waals surface area contributed by atoms with Crippen molar-refractivity contribution in [3.05, 3.63) is 70.1 Å². The van der Waals surface area contributed by atoms with Crippen LogP contribution in [0.15, 0.2) is 42.6 Å². The fraction of sp³-hybridized carbons (Fsp3) is 0.320. The molecule has 2 aliphatic rings. The van der Waals surface area contributed by atoms with Crippen molar-refractivity contribution in [2.24, 2.45) is 0 Å².